The first-order chi connectivity index (χ1) is 18.5. The number of benzene rings is 2. The van der Waals surface area contributed by atoms with Crippen LogP contribution in [0.4, 0.5) is 23.8 Å². The van der Waals surface area contributed by atoms with Gasteiger partial charge >= 0.3 is 12.2 Å². The molecule has 12 heteroatoms. The molecule has 0 spiro atoms. The minimum absolute atomic E-state index is 0.0437. The van der Waals surface area contributed by atoms with Gasteiger partial charge < -0.3 is 15.4 Å². The quantitative estimate of drug-likeness (QED) is 0.407. The molecule has 0 bridgehead atoms. The Morgan fingerprint density at radius 3 is 2.49 bits per heavy atom. The van der Waals surface area contributed by atoms with Crippen LogP contribution in [0.5, 0.6) is 0 Å². The lowest BCUT2D eigenvalue weighted by atomic mass is 9.88. The fourth-order valence-electron chi connectivity index (χ4n) is 4.84. The summed E-state index contributed by atoms with van der Waals surface area (Å²) in [5.41, 5.74) is 3.45. The van der Waals surface area contributed by atoms with E-state index in [-0.39, 0.29) is 18.1 Å². The number of urea groups is 1. The first kappa shape index (κ1) is 28.1. The van der Waals surface area contributed by atoms with Gasteiger partial charge in [-0.25, -0.2) is 9.48 Å². The van der Waals surface area contributed by atoms with Gasteiger partial charge in [0.1, 0.15) is 5.82 Å². The van der Waals surface area contributed by atoms with Crippen molar-refractivity contribution in [3.63, 3.8) is 0 Å². The lowest BCUT2D eigenvalue weighted by molar-refractivity contribution is -0.152. The number of ether oxygens (including phenoxy) is 1. The van der Waals surface area contributed by atoms with Crippen LogP contribution in [0.2, 0.25) is 0 Å². The van der Waals surface area contributed by atoms with Gasteiger partial charge in [-0.1, -0.05) is 36.4 Å². The Kier molecular flexibility index (Phi) is 8.26. The first-order valence-corrected chi connectivity index (χ1v) is 12.4. The normalized spacial score (nSPS) is 17.4. The van der Waals surface area contributed by atoms with Crippen molar-refractivity contribution < 1.29 is 27.5 Å². The SMILES string of the molecule is CNC(=O)c1nn(-c2ccccc2)c(NC(=O)NC2CN(CC(F)(F)F)C(C)c3ccc(COC)cc32)c1C. The zero-order valence-corrected chi connectivity index (χ0v) is 22.1. The summed E-state index contributed by atoms with van der Waals surface area (Å²) >= 11 is 0. The Bertz CT molecular complexity index is 1340. The number of fused-ring (bicyclic) bond motifs is 1. The number of hydrogen-bond acceptors (Lipinski definition) is 5. The fourth-order valence-corrected chi connectivity index (χ4v) is 4.84. The second-order valence-corrected chi connectivity index (χ2v) is 9.42. The molecule has 2 heterocycles. The van der Waals surface area contributed by atoms with Crippen molar-refractivity contribution in [2.45, 2.75) is 38.7 Å². The summed E-state index contributed by atoms with van der Waals surface area (Å²) in [5.74, 6) is -0.156. The number of amides is 3. The van der Waals surface area contributed by atoms with E-state index in [1.807, 2.05) is 18.2 Å². The second kappa shape index (κ2) is 11.5. The van der Waals surface area contributed by atoms with Gasteiger partial charge in [0, 0.05) is 32.3 Å². The van der Waals surface area contributed by atoms with E-state index in [4.69, 9.17) is 4.74 Å². The summed E-state index contributed by atoms with van der Waals surface area (Å²) in [5, 5.41) is 12.6. The molecule has 4 rings (SSSR count). The van der Waals surface area contributed by atoms with E-state index in [2.05, 4.69) is 21.0 Å². The number of anilines is 1. The molecule has 9 nitrogen and oxygen atoms in total. The van der Waals surface area contributed by atoms with Crippen LogP contribution in [0.25, 0.3) is 5.69 Å². The van der Waals surface area contributed by atoms with Gasteiger partial charge in [-0.3, -0.25) is 15.0 Å². The third-order valence-corrected chi connectivity index (χ3v) is 6.74. The molecule has 3 amide bonds. The Labute approximate surface area is 224 Å². The number of hydrogen-bond donors (Lipinski definition) is 3. The van der Waals surface area contributed by atoms with Gasteiger partial charge in [-0.2, -0.15) is 18.3 Å². The number of nitrogens with one attached hydrogen (secondary N) is 3. The highest BCUT2D eigenvalue weighted by Gasteiger charge is 2.38. The smallest absolute Gasteiger partial charge is 0.380 e. The molecule has 0 aliphatic carbocycles. The van der Waals surface area contributed by atoms with Crippen LogP contribution in [0.1, 0.15) is 51.7 Å². The van der Waals surface area contributed by atoms with Gasteiger partial charge in [-0.15, -0.1) is 0 Å². The predicted molar refractivity (Wildman–Crippen MR) is 140 cm³/mol. The van der Waals surface area contributed by atoms with Gasteiger partial charge in [-0.05, 0) is 42.7 Å². The molecule has 208 valence electrons. The van der Waals surface area contributed by atoms with E-state index >= 15 is 0 Å². The number of carbonyl (C=O) groups excluding carboxylic acids is 2. The monoisotopic (exact) mass is 544 g/mol. The van der Waals surface area contributed by atoms with E-state index in [1.54, 1.807) is 51.3 Å². The number of aromatic nitrogens is 2. The van der Waals surface area contributed by atoms with Gasteiger partial charge in [0.05, 0.1) is 24.9 Å². The van der Waals surface area contributed by atoms with Gasteiger partial charge in [0.15, 0.2) is 5.69 Å². The topological polar surface area (TPSA) is 101 Å². The van der Waals surface area contributed by atoms with Crippen molar-refractivity contribution in [2.75, 3.05) is 32.6 Å². The third kappa shape index (κ3) is 6.23. The minimum Gasteiger partial charge on any atom is -0.380 e. The van der Waals surface area contributed by atoms with E-state index in [1.165, 1.54) is 16.6 Å². The predicted octanol–water partition coefficient (Wildman–Crippen LogP) is 4.49. The number of para-hydroxylation sites is 1. The van der Waals surface area contributed by atoms with Crippen LogP contribution in [0.3, 0.4) is 0 Å². The van der Waals surface area contributed by atoms with Crippen molar-refractivity contribution in [1.82, 2.24) is 25.3 Å². The molecule has 1 aliphatic heterocycles. The average Bonchev–Trinajstić information content (AvgIpc) is 3.22. The number of methoxy groups -OCH3 is 1. The molecule has 0 saturated carbocycles. The molecule has 0 fully saturated rings. The Morgan fingerprint density at radius 2 is 1.85 bits per heavy atom. The Balaban J connectivity index is 1.66. The van der Waals surface area contributed by atoms with E-state index in [0.717, 1.165) is 11.1 Å². The molecule has 39 heavy (non-hydrogen) atoms. The van der Waals surface area contributed by atoms with Crippen LogP contribution in [0.15, 0.2) is 48.5 Å². The highest BCUT2D eigenvalue weighted by molar-refractivity contribution is 5.97. The molecule has 0 radical (unpaired) electrons. The molecule has 2 aromatic carbocycles. The van der Waals surface area contributed by atoms with Crippen molar-refractivity contribution >= 4 is 17.8 Å². The molecule has 1 aliphatic rings. The van der Waals surface area contributed by atoms with Crippen LogP contribution in [-0.2, 0) is 11.3 Å². The molecule has 3 aromatic rings. The molecular formula is C27H31F3N6O3. The zero-order valence-electron chi connectivity index (χ0n) is 22.1. The molecule has 0 saturated heterocycles. The van der Waals surface area contributed by atoms with Crippen molar-refractivity contribution in [2.24, 2.45) is 0 Å². The van der Waals surface area contributed by atoms with Crippen LogP contribution < -0.4 is 16.0 Å². The van der Waals surface area contributed by atoms with Crippen molar-refractivity contribution in [3.8, 4) is 5.69 Å². The molecule has 2 unspecified atom stereocenters. The van der Waals surface area contributed by atoms with Gasteiger partial charge in [0.25, 0.3) is 5.91 Å². The number of rotatable bonds is 7. The van der Waals surface area contributed by atoms with Gasteiger partial charge in [0.2, 0.25) is 0 Å². The third-order valence-electron chi connectivity index (χ3n) is 6.74. The highest BCUT2D eigenvalue weighted by Crippen LogP contribution is 2.37. The summed E-state index contributed by atoms with van der Waals surface area (Å²) in [6.07, 6.45) is -4.40. The second-order valence-electron chi connectivity index (χ2n) is 9.42. The standard InChI is InChI=1S/C27H31F3N6O3/c1-16-23(25(37)31-3)34-36(19-8-6-5-7-9-19)24(16)33-26(38)32-22-13-35(15-27(28,29)30)17(2)20-11-10-18(14-39-4)12-21(20)22/h5-12,17,22H,13-15H2,1-4H3,(H,31,37)(H2,32,33,38). The molecule has 3 N–H and O–H groups in total. The first-order valence-electron chi connectivity index (χ1n) is 12.4. The van der Waals surface area contributed by atoms with Crippen LogP contribution in [0, 0.1) is 6.92 Å². The number of carbonyl (C=O) groups is 2. The fraction of sp³-hybridized carbons (Fsp3) is 0.370. The van der Waals surface area contributed by atoms with E-state index in [9.17, 15) is 22.8 Å². The molecular weight excluding hydrogens is 513 g/mol. The zero-order chi connectivity index (χ0) is 28.3. The van der Waals surface area contributed by atoms with Crippen molar-refractivity contribution in [1.29, 1.82) is 0 Å². The molecule has 1 aromatic heterocycles. The van der Waals surface area contributed by atoms with Crippen LogP contribution in [-0.4, -0.2) is 60.0 Å². The minimum atomic E-state index is -4.40. The summed E-state index contributed by atoms with van der Waals surface area (Å²) < 4.78 is 46.8. The Hall–Kier alpha value is -3.90. The average molecular weight is 545 g/mol. The molecule has 2 atom stereocenters. The highest BCUT2D eigenvalue weighted by atomic mass is 19.4. The maximum absolute atomic E-state index is 13.4. The Morgan fingerprint density at radius 1 is 1.13 bits per heavy atom. The lowest BCUT2D eigenvalue weighted by Crippen LogP contribution is -2.47. The van der Waals surface area contributed by atoms with Crippen molar-refractivity contribution in [3.05, 3.63) is 76.5 Å². The summed E-state index contributed by atoms with van der Waals surface area (Å²) in [6.45, 7) is 2.55. The summed E-state index contributed by atoms with van der Waals surface area (Å²) in [7, 11) is 3.04. The maximum Gasteiger partial charge on any atom is 0.401 e. The number of alkyl halides is 3. The summed E-state index contributed by atoms with van der Waals surface area (Å²) in [6, 6.07) is 12.5. The van der Waals surface area contributed by atoms with E-state index < -0.39 is 36.7 Å². The van der Waals surface area contributed by atoms with Crippen LogP contribution >= 0.6 is 0 Å². The maximum atomic E-state index is 13.4. The number of halogens is 3. The lowest BCUT2D eigenvalue weighted by Gasteiger charge is -2.40. The largest absolute Gasteiger partial charge is 0.401 e. The van der Waals surface area contributed by atoms with E-state index in [0.29, 0.717) is 23.4 Å². The summed E-state index contributed by atoms with van der Waals surface area (Å²) in [4.78, 5) is 27.0. The number of nitrogens with zero attached hydrogens (tertiary/aromatic N) is 3.